The molecule has 0 heterocycles. The Kier molecular flexibility index (Phi) is 6.39. The highest BCUT2D eigenvalue weighted by molar-refractivity contribution is 7.80. The highest BCUT2D eigenvalue weighted by Crippen LogP contribution is 2.34. The van der Waals surface area contributed by atoms with E-state index in [9.17, 15) is 15.2 Å². The number of nitriles is 1. The number of phenols is 1. The van der Waals surface area contributed by atoms with Crippen LogP contribution in [0.2, 0.25) is 10.0 Å². The fourth-order valence-electron chi connectivity index (χ4n) is 2.93. The molecular weight excluding hydrogens is 427 g/mol. The SMILES string of the molecule is Cc1cc(C(C#N)c2ccc(Cl)cc2)c(Cl)cc1NC(=O)c1cc(O)ccc1S. The minimum Gasteiger partial charge on any atom is -0.508 e. The summed E-state index contributed by atoms with van der Waals surface area (Å²) in [6, 6.07) is 17.0. The number of rotatable bonds is 4. The summed E-state index contributed by atoms with van der Waals surface area (Å²) in [6.07, 6.45) is 0. The Balaban J connectivity index is 1.93. The molecule has 146 valence electrons. The third kappa shape index (κ3) is 4.68. The van der Waals surface area contributed by atoms with E-state index in [4.69, 9.17) is 23.2 Å². The van der Waals surface area contributed by atoms with E-state index in [0.29, 0.717) is 26.2 Å². The third-order valence-electron chi connectivity index (χ3n) is 4.46. The molecule has 0 spiro atoms. The Morgan fingerprint density at radius 2 is 1.83 bits per heavy atom. The van der Waals surface area contributed by atoms with Gasteiger partial charge in [-0.25, -0.2) is 0 Å². The lowest BCUT2D eigenvalue weighted by Crippen LogP contribution is -2.14. The number of nitrogens with zero attached hydrogens (tertiary/aromatic N) is 1. The maximum absolute atomic E-state index is 12.6. The van der Waals surface area contributed by atoms with Crippen LogP contribution in [0.1, 0.15) is 33.0 Å². The Hall–Kier alpha value is -2.65. The summed E-state index contributed by atoms with van der Waals surface area (Å²) in [5, 5.41) is 23.0. The lowest BCUT2D eigenvalue weighted by atomic mass is 9.91. The number of halogens is 2. The van der Waals surface area contributed by atoms with E-state index in [-0.39, 0.29) is 11.3 Å². The van der Waals surface area contributed by atoms with Crippen LogP contribution in [0.15, 0.2) is 59.5 Å². The number of nitrogens with one attached hydrogen (secondary N) is 1. The molecule has 2 N–H and O–H groups in total. The lowest BCUT2D eigenvalue weighted by molar-refractivity contribution is 0.102. The van der Waals surface area contributed by atoms with Crippen LogP contribution in [0.25, 0.3) is 0 Å². The number of thiol groups is 1. The van der Waals surface area contributed by atoms with Crippen LogP contribution in [0, 0.1) is 18.3 Å². The molecule has 1 atom stereocenters. The van der Waals surface area contributed by atoms with Crippen molar-refractivity contribution in [2.45, 2.75) is 17.7 Å². The molecule has 1 unspecified atom stereocenters. The molecule has 1 amide bonds. The molecule has 0 aliphatic carbocycles. The molecule has 7 heteroatoms. The standard InChI is InChI=1S/C22H16Cl2N2O2S/c1-12-8-16(18(11-25)13-2-4-14(23)5-3-13)19(24)10-20(12)26-22(28)17-9-15(27)6-7-21(17)29/h2-10,18,27,29H,1H3,(H,26,28). The fraction of sp³-hybridized carbons (Fsp3) is 0.0909. The van der Waals surface area contributed by atoms with Gasteiger partial charge in [-0.2, -0.15) is 5.26 Å². The second kappa shape index (κ2) is 8.79. The summed E-state index contributed by atoms with van der Waals surface area (Å²) in [5.74, 6) is -1.02. The quantitative estimate of drug-likeness (QED) is 0.420. The number of carbonyl (C=O) groups excluding carboxylic acids is 1. The highest BCUT2D eigenvalue weighted by Gasteiger charge is 2.19. The molecule has 0 radical (unpaired) electrons. The number of amides is 1. The van der Waals surface area contributed by atoms with Crippen molar-refractivity contribution >= 4 is 47.4 Å². The van der Waals surface area contributed by atoms with Gasteiger partial charge < -0.3 is 10.4 Å². The first-order valence-corrected chi connectivity index (χ1v) is 9.79. The average Bonchev–Trinajstić information content (AvgIpc) is 2.69. The topological polar surface area (TPSA) is 73.1 Å². The van der Waals surface area contributed by atoms with Gasteiger partial charge >= 0.3 is 0 Å². The number of aromatic hydroxyl groups is 1. The van der Waals surface area contributed by atoms with Gasteiger partial charge in [-0.1, -0.05) is 41.4 Å². The fourth-order valence-corrected chi connectivity index (χ4v) is 3.57. The highest BCUT2D eigenvalue weighted by atomic mass is 35.5. The number of benzene rings is 3. The van der Waals surface area contributed by atoms with E-state index in [0.717, 1.165) is 11.1 Å². The molecular formula is C22H16Cl2N2O2S. The minimum atomic E-state index is -0.571. The van der Waals surface area contributed by atoms with Crippen molar-refractivity contribution in [3.63, 3.8) is 0 Å². The van der Waals surface area contributed by atoms with Gasteiger partial charge in [-0.15, -0.1) is 12.6 Å². The minimum absolute atomic E-state index is 0.0297. The van der Waals surface area contributed by atoms with Crippen LogP contribution >= 0.6 is 35.8 Å². The van der Waals surface area contributed by atoms with Crippen LogP contribution in [0.4, 0.5) is 5.69 Å². The first-order chi connectivity index (χ1) is 13.8. The molecule has 3 aromatic rings. The van der Waals surface area contributed by atoms with E-state index >= 15 is 0 Å². The van der Waals surface area contributed by atoms with E-state index in [1.807, 2.05) is 6.92 Å². The lowest BCUT2D eigenvalue weighted by Gasteiger charge is -2.16. The van der Waals surface area contributed by atoms with Crippen molar-refractivity contribution in [3.05, 3.63) is 86.9 Å². The van der Waals surface area contributed by atoms with Gasteiger partial charge in [0.05, 0.1) is 17.6 Å². The number of aryl methyl sites for hydroxylation is 1. The molecule has 4 nitrogen and oxygen atoms in total. The summed E-state index contributed by atoms with van der Waals surface area (Å²) in [5.41, 5.74) is 2.90. The number of hydrogen-bond donors (Lipinski definition) is 3. The molecule has 29 heavy (non-hydrogen) atoms. The molecule has 0 fully saturated rings. The third-order valence-corrected chi connectivity index (χ3v) is 5.43. The van der Waals surface area contributed by atoms with Gasteiger partial charge in [0, 0.05) is 20.6 Å². The van der Waals surface area contributed by atoms with Crippen molar-refractivity contribution in [1.82, 2.24) is 0 Å². The normalized spacial score (nSPS) is 11.6. The molecule has 0 aromatic heterocycles. The summed E-state index contributed by atoms with van der Waals surface area (Å²) < 4.78 is 0. The van der Waals surface area contributed by atoms with E-state index in [2.05, 4.69) is 24.0 Å². The number of hydrogen-bond acceptors (Lipinski definition) is 4. The maximum Gasteiger partial charge on any atom is 0.256 e. The Morgan fingerprint density at radius 1 is 1.14 bits per heavy atom. The van der Waals surface area contributed by atoms with Gasteiger partial charge in [0.15, 0.2) is 0 Å². The van der Waals surface area contributed by atoms with E-state index < -0.39 is 11.8 Å². The molecule has 0 saturated carbocycles. The van der Waals surface area contributed by atoms with E-state index in [1.165, 1.54) is 12.1 Å². The molecule has 0 bridgehead atoms. The van der Waals surface area contributed by atoms with Crippen LogP contribution in [0.5, 0.6) is 5.75 Å². The molecule has 3 rings (SSSR count). The molecule has 3 aromatic carbocycles. The zero-order valence-corrected chi connectivity index (χ0v) is 17.7. The van der Waals surface area contributed by atoms with Crippen molar-refractivity contribution in [2.24, 2.45) is 0 Å². The summed E-state index contributed by atoms with van der Waals surface area (Å²) in [7, 11) is 0. The largest absolute Gasteiger partial charge is 0.508 e. The predicted octanol–water partition coefficient (Wildman–Crippen LogP) is 6.20. The van der Waals surface area contributed by atoms with Crippen molar-refractivity contribution in [1.29, 1.82) is 5.26 Å². The monoisotopic (exact) mass is 442 g/mol. The zero-order chi connectivity index (χ0) is 21.1. The molecule has 0 aliphatic heterocycles. The molecule has 0 saturated heterocycles. The summed E-state index contributed by atoms with van der Waals surface area (Å²) >= 11 is 16.6. The van der Waals surface area contributed by atoms with Gasteiger partial charge in [0.2, 0.25) is 0 Å². The van der Waals surface area contributed by atoms with Gasteiger partial charge in [0.1, 0.15) is 5.75 Å². The Labute approximate surface area is 184 Å². The second-order valence-electron chi connectivity index (χ2n) is 6.46. The summed E-state index contributed by atoms with van der Waals surface area (Å²) in [4.78, 5) is 13.0. The number of anilines is 1. The number of carbonyl (C=O) groups is 1. The van der Waals surface area contributed by atoms with Crippen molar-refractivity contribution in [2.75, 3.05) is 5.32 Å². The van der Waals surface area contributed by atoms with Gasteiger partial charge in [0.25, 0.3) is 5.91 Å². The zero-order valence-electron chi connectivity index (χ0n) is 15.3. The molecule has 0 aliphatic rings. The van der Waals surface area contributed by atoms with Gasteiger partial charge in [-0.05, 0) is 60.0 Å². The Bertz CT molecular complexity index is 1120. The van der Waals surface area contributed by atoms with Crippen molar-refractivity contribution in [3.8, 4) is 11.8 Å². The first-order valence-electron chi connectivity index (χ1n) is 8.58. The van der Waals surface area contributed by atoms with Crippen LogP contribution in [0.3, 0.4) is 0 Å². The predicted molar refractivity (Wildman–Crippen MR) is 118 cm³/mol. The summed E-state index contributed by atoms with van der Waals surface area (Å²) in [6.45, 7) is 1.82. The van der Waals surface area contributed by atoms with E-state index in [1.54, 1.807) is 42.5 Å². The Morgan fingerprint density at radius 3 is 2.48 bits per heavy atom. The van der Waals surface area contributed by atoms with Crippen LogP contribution in [-0.4, -0.2) is 11.0 Å². The average molecular weight is 443 g/mol. The van der Waals surface area contributed by atoms with Crippen LogP contribution in [-0.2, 0) is 0 Å². The smallest absolute Gasteiger partial charge is 0.256 e. The van der Waals surface area contributed by atoms with Crippen LogP contribution < -0.4 is 5.32 Å². The second-order valence-corrected chi connectivity index (χ2v) is 7.78. The van der Waals surface area contributed by atoms with Crippen molar-refractivity contribution < 1.29 is 9.90 Å². The van der Waals surface area contributed by atoms with Gasteiger partial charge in [-0.3, -0.25) is 4.79 Å². The maximum atomic E-state index is 12.6. The first kappa shape index (κ1) is 21.1. The number of phenolic OH excluding ortho intramolecular Hbond substituents is 1.